The van der Waals surface area contributed by atoms with Gasteiger partial charge >= 0.3 is 0 Å². The molecule has 2 aliphatic heterocycles. The van der Waals surface area contributed by atoms with Gasteiger partial charge in [-0.3, -0.25) is 0 Å². The molecule has 2 aliphatic rings. The maximum absolute atomic E-state index is 6.10. The van der Waals surface area contributed by atoms with E-state index in [4.69, 9.17) is 9.47 Å². The number of fused-ring (bicyclic) bond motifs is 1. The van der Waals surface area contributed by atoms with E-state index in [1.807, 2.05) is 13.8 Å². The van der Waals surface area contributed by atoms with Crippen molar-refractivity contribution in [3.05, 3.63) is 30.3 Å². The van der Waals surface area contributed by atoms with E-state index < -0.39 is 5.79 Å². The van der Waals surface area contributed by atoms with Gasteiger partial charge in [0.2, 0.25) is 0 Å². The van der Waals surface area contributed by atoms with Gasteiger partial charge in [0.15, 0.2) is 5.79 Å². The van der Waals surface area contributed by atoms with Gasteiger partial charge < -0.3 is 9.47 Å². The van der Waals surface area contributed by atoms with Gasteiger partial charge in [0, 0.05) is 11.3 Å². The molecule has 0 radical (unpaired) electrons. The number of ether oxygens (including phenoxy) is 2. The van der Waals surface area contributed by atoms with Crippen molar-refractivity contribution in [1.82, 2.24) is 0 Å². The summed E-state index contributed by atoms with van der Waals surface area (Å²) in [6, 6.07) is 10.9. The highest BCUT2D eigenvalue weighted by Crippen LogP contribution is 2.59. The molecule has 98 valence electrons. The molecule has 2 saturated heterocycles. The molecule has 3 heteroatoms. The predicted octanol–water partition coefficient (Wildman–Crippen LogP) is 3.10. The van der Waals surface area contributed by atoms with Gasteiger partial charge in [-0.05, 0) is 19.2 Å². The van der Waals surface area contributed by atoms with E-state index in [0.29, 0.717) is 11.3 Å². The molecule has 0 bridgehead atoms. The molecule has 2 heterocycles. The third-order valence-corrected chi connectivity index (χ3v) is 7.28. The molecule has 4 atom stereocenters. The smallest absolute Gasteiger partial charge is 0.163 e. The molecule has 2 nitrogen and oxygen atoms in total. The van der Waals surface area contributed by atoms with Crippen LogP contribution in [0.3, 0.4) is 0 Å². The number of rotatable bonds is 1. The van der Waals surface area contributed by atoms with Crippen LogP contribution in [-0.4, -0.2) is 29.3 Å². The summed E-state index contributed by atoms with van der Waals surface area (Å²) in [6.07, 6.45) is 0.530. The van der Waals surface area contributed by atoms with Gasteiger partial charge in [-0.25, -0.2) is 0 Å². The molecular formula is C15H21O2P. The Morgan fingerprint density at radius 3 is 1.94 bits per heavy atom. The van der Waals surface area contributed by atoms with E-state index in [9.17, 15) is 0 Å². The highest BCUT2D eigenvalue weighted by molar-refractivity contribution is 7.67. The summed E-state index contributed by atoms with van der Waals surface area (Å²) in [4.78, 5) is 0. The van der Waals surface area contributed by atoms with Crippen LogP contribution >= 0.6 is 7.92 Å². The third kappa shape index (κ3) is 1.91. The van der Waals surface area contributed by atoms with E-state index in [1.165, 1.54) is 5.30 Å². The standard InChI is InChI=1S/C15H21O2P/c1-10-13-14(17-15(3,4)16-13)11(2)18(10)12-8-6-5-7-9-12/h5-11,13-14H,1-4H3/t10-,11-,13?,14?,18?/m0/s1. The van der Waals surface area contributed by atoms with Crippen LogP contribution in [0.25, 0.3) is 0 Å². The lowest BCUT2D eigenvalue weighted by molar-refractivity contribution is -0.147. The first-order valence-electron chi connectivity index (χ1n) is 6.69. The van der Waals surface area contributed by atoms with E-state index in [-0.39, 0.29) is 20.1 Å². The minimum atomic E-state index is -0.407. The van der Waals surface area contributed by atoms with Crippen molar-refractivity contribution in [2.75, 3.05) is 0 Å². The van der Waals surface area contributed by atoms with Crippen LogP contribution in [0.5, 0.6) is 0 Å². The van der Waals surface area contributed by atoms with Gasteiger partial charge in [0.1, 0.15) is 0 Å². The maximum Gasteiger partial charge on any atom is 0.163 e. The molecule has 0 saturated carbocycles. The Morgan fingerprint density at radius 1 is 0.944 bits per heavy atom. The zero-order valence-corrected chi connectivity index (χ0v) is 12.4. The fourth-order valence-corrected chi connectivity index (χ4v) is 6.61. The molecular weight excluding hydrogens is 243 g/mol. The van der Waals surface area contributed by atoms with Crippen LogP contribution in [0.4, 0.5) is 0 Å². The first-order valence-corrected chi connectivity index (χ1v) is 8.17. The van der Waals surface area contributed by atoms with Gasteiger partial charge in [-0.1, -0.05) is 52.1 Å². The molecule has 0 amide bonds. The average Bonchev–Trinajstić information content (AvgIpc) is 2.76. The molecule has 3 rings (SSSR count). The van der Waals surface area contributed by atoms with Crippen molar-refractivity contribution >= 4 is 13.2 Å². The van der Waals surface area contributed by atoms with Crippen LogP contribution in [0, 0.1) is 0 Å². The molecule has 0 aliphatic carbocycles. The van der Waals surface area contributed by atoms with Crippen LogP contribution < -0.4 is 5.30 Å². The summed E-state index contributed by atoms with van der Waals surface area (Å²) in [5, 5.41) is 1.48. The second-order valence-electron chi connectivity index (χ2n) is 5.79. The lowest BCUT2D eigenvalue weighted by Gasteiger charge is -2.27. The van der Waals surface area contributed by atoms with E-state index in [1.54, 1.807) is 0 Å². The molecule has 0 aromatic heterocycles. The Labute approximate surface area is 110 Å². The zero-order chi connectivity index (χ0) is 12.9. The van der Waals surface area contributed by atoms with Crippen molar-refractivity contribution < 1.29 is 9.47 Å². The Bertz CT molecular complexity index is 411. The summed E-state index contributed by atoms with van der Waals surface area (Å²) >= 11 is 0. The van der Waals surface area contributed by atoms with Crippen LogP contribution in [0.2, 0.25) is 0 Å². The molecule has 1 aromatic rings. The summed E-state index contributed by atoms with van der Waals surface area (Å²) in [5.41, 5.74) is 1.15. The zero-order valence-electron chi connectivity index (χ0n) is 11.5. The van der Waals surface area contributed by atoms with Crippen molar-refractivity contribution in [2.45, 2.75) is 57.0 Å². The molecule has 0 spiro atoms. The second kappa shape index (κ2) is 4.30. The first-order chi connectivity index (χ1) is 8.49. The molecule has 1 aromatic carbocycles. The lowest BCUT2D eigenvalue weighted by atomic mass is 10.1. The van der Waals surface area contributed by atoms with Crippen LogP contribution in [-0.2, 0) is 9.47 Å². The SMILES string of the molecule is C[C@H]1C2OC(C)(C)OC2[C@H](C)P1c1ccccc1. The molecule has 2 fully saturated rings. The Balaban J connectivity index is 1.89. The molecule has 0 N–H and O–H groups in total. The summed E-state index contributed by atoms with van der Waals surface area (Å²) in [7, 11) is -0.187. The maximum atomic E-state index is 6.10. The van der Waals surface area contributed by atoms with Crippen LogP contribution in [0.1, 0.15) is 27.7 Å². The number of hydrogen-bond donors (Lipinski definition) is 0. The van der Waals surface area contributed by atoms with E-state index in [0.717, 1.165) is 0 Å². The Hall–Kier alpha value is -0.430. The Morgan fingerprint density at radius 2 is 1.44 bits per heavy atom. The average molecular weight is 264 g/mol. The van der Waals surface area contributed by atoms with Gasteiger partial charge in [0.25, 0.3) is 0 Å². The van der Waals surface area contributed by atoms with Gasteiger partial charge in [-0.15, -0.1) is 0 Å². The second-order valence-corrected chi connectivity index (χ2v) is 8.75. The van der Waals surface area contributed by atoms with Crippen molar-refractivity contribution in [2.24, 2.45) is 0 Å². The monoisotopic (exact) mass is 264 g/mol. The van der Waals surface area contributed by atoms with Crippen molar-refractivity contribution in [1.29, 1.82) is 0 Å². The van der Waals surface area contributed by atoms with Crippen LogP contribution in [0.15, 0.2) is 30.3 Å². The highest BCUT2D eigenvalue weighted by atomic mass is 31.1. The van der Waals surface area contributed by atoms with E-state index in [2.05, 4.69) is 44.2 Å². The highest BCUT2D eigenvalue weighted by Gasteiger charge is 2.55. The van der Waals surface area contributed by atoms with E-state index >= 15 is 0 Å². The predicted molar refractivity (Wildman–Crippen MR) is 75.7 cm³/mol. The Kier molecular flexibility index (Phi) is 3.01. The minimum absolute atomic E-state index is 0.187. The quantitative estimate of drug-likeness (QED) is 0.726. The molecule has 18 heavy (non-hydrogen) atoms. The van der Waals surface area contributed by atoms with Crippen molar-refractivity contribution in [3.8, 4) is 0 Å². The minimum Gasteiger partial charge on any atom is -0.344 e. The van der Waals surface area contributed by atoms with Gasteiger partial charge in [-0.2, -0.15) is 0 Å². The van der Waals surface area contributed by atoms with Crippen molar-refractivity contribution in [3.63, 3.8) is 0 Å². The summed E-state index contributed by atoms with van der Waals surface area (Å²) in [5.74, 6) is -0.407. The summed E-state index contributed by atoms with van der Waals surface area (Å²) < 4.78 is 12.2. The lowest BCUT2D eigenvalue weighted by Crippen LogP contribution is -2.27. The fourth-order valence-electron chi connectivity index (χ4n) is 3.32. The number of hydrogen-bond acceptors (Lipinski definition) is 2. The first kappa shape index (κ1) is 12.6. The van der Waals surface area contributed by atoms with Gasteiger partial charge in [0.05, 0.1) is 12.2 Å². The topological polar surface area (TPSA) is 18.5 Å². The largest absolute Gasteiger partial charge is 0.344 e. The molecule has 2 unspecified atom stereocenters. The summed E-state index contributed by atoms with van der Waals surface area (Å²) in [6.45, 7) is 8.69. The third-order valence-electron chi connectivity index (χ3n) is 4.05. The number of benzene rings is 1. The fraction of sp³-hybridized carbons (Fsp3) is 0.600. The normalized spacial score (nSPS) is 41.9.